The summed E-state index contributed by atoms with van der Waals surface area (Å²) in [5.74, 6) is 1.89. The van der Waals surface area contributed by atoms with Gasteiger partial charge in [0.2, 0.25) is 5.95 Å². The second-order valence-electron chi connectivity index (χ2n) is 6.41. The van der Waals surface area contributed by atoms with E-state index in [1.54, 1.807) is 0 Å². The fraction of sp³-hybridized carbons (Fsp3) is 0.474. The number of anilines is 2. The van der Waals surface area contributed by atoms with Gasteiger partial charge in [-0.2, -0.15) is 4.98 Å². The summed E-state index contributed by atoms with van der Waals surface area (Å²) in [6, 6.07) is 12.6. The van der Waals surface area contributed by atoms with Gasteiger partial charge in [0, 0.05) is 38.4 Å². The first kappa shape index (κ1) is 15.8. The van der Waals surface area contributed by atoms with Gasteiger partial charge >= 0.3 is 0 Å². The van der Waals surface area contributed by atoms with E-state index in [0.717, 1.165) is 37.1 Å². The van der Waals surface area contributed by atoms with E-state index in [9.17, 15) is 0 Å². The molecule has 0 spiro atoms. The summed E-state index contributed by atoms with van der Waals surface area (Å²) in [4.78, 5) is 14.1. The minimum absolute atomic E-state index is 0.858. The van der Waals surface area contributed by atoms with E-state index in [1.165, 1.54) is 31.2 Å². The van der Waals surface area contributed by atoms with Gasteiger partial charge in [0.25, 0.3) is 0 Å². The molecule has 0 unspecified atom stereocenters. The van der Waals surface area contributed by atoms with E-state index in [1.807, 2.05) is 0 Å². The molecule has 0 amide bonds. The summed E-state index contributed by atoms with van der Waals surface area (Å²) in [6.45, 7) is 5.07. The van der Waals surface area contributed by atoms with Crippen LogP contribution in [0.1, 0.15) is 36.9 Å². The number of benzene rings is 1. The number of aromatic nitrogens is 2. The van der Waals surface area contributed by atoms with Gasteiger partial charge < -0.3 is 9.80 Å². The van der Waals surface area contributed by atoms with Crippen molar-refractivity contribution in [2.75, 3.05) is 29.9 Å². The number of hydrogen-bond donors (Lipinski definition) is 0. The third kappa shape index (κ3) is 4.21. The van der Waals surface area contributed by atoms with Crippen molar-refractivity contribution in [3.05, 3.63) is 47.7 Å². The summed E-state index contributed by atoms with van der Waals surface area (Å²) >= 11 is 0. The zero-order valence-electron chi connectivity index (χ0n) is 14.2. The number of nitrogens with zero attached hydrogens (tertiary/aromatic N) is 4. The van der Waals surface area contributed by atoms with Crippen molar-refractivity contribution in [1.29, 1.82) is 0 Å². The van der Waals surface area contributed by atoms with Gasteiger partial charge in [-0.15, -0.1) is 0 Å². The molecule has 1 aliphatic heterocycles. The highest BCUT2D eigenvalue weighted by molar-refractivity contribution is 5.46. The van der Waals surface area contributed by atoms with Crippen LogP contribution in [0.4, 0.5) is 11.8 Å². The zero-order chi connectivity index (χ0) is 16.1. The lowest BCUT2D eigenvalue weighted by atomic mass is 10.2. The van der Waals surface area contributed by atoms with Crippen LogP contribution in [-0.4, -0.2) is 30.1 Å². The molecule has 0 aliphatic carbocycles. The van der Waals surface area contributed by atoms with Crippen molar-refractivity contribution in [3.8, 4) is 0 Å². The van der Waals surface area contributed by atoms with Gasteiger partial charge in [-0.25, -0.2) is 4.98 Å². The Balaban J connectivity index is 1.79. The van der Waals surface area contributed by atoms with Crippen LogP contribution >= 0.6 is 0 Å². The molecule has 4 nitrogen and oxygen atoms in total. The minimum atomic E-state index is 0.858. The summed E-state index contributed by atoms with van der Waals surface area (Å²) in [7, 11) is 2.10. The van der Waals surface area contributed by atoms with E-state index < -0.39 is 0 Å². The monoisotopic (exact) mass is 310 g/mol. The first-order valence-electron chi connectivity index (χ1n) is 8.58. The fourth-order valence-corrected chi connectivity index (χ4v) is 3.08. The molecule has 1 aromatic carbocycles. The Kier molecular flexibility index (Phi) is 5.11. The lowest BCUT2D eigenvalue weighted by molar-refractivity contribution is 0.726. The van der Waals surface area contributed by atoms with E-state index in [2.05, 4.69) is 65.2 Å². The largest absolute Gasteiger partial charge is 0.355 e. The first-order chi connectivity index (χ1) is 11.2. The third-order valence-corrected chi connectivity index (χ3v) is 4.37. The van der Waals surface area contributed by atoms with Crippen molar-refractivity contribution in [2.24, 2.45) is 0 Å². The molecule has 1 aromatic heterocycles. The highest BCUT2D eigenvalue weighted by atomic mass is 15.3. The molecule has 2 heterocycles. The zero-order valence-corrected chi connectivity index (χ0v) is 14.2. The van der Waals surface area contributed by atoms with E-state index in [-0.39, 0.29) is 0 Å². The SMILES string of the molecule is Cc1cc(N(C)Cc2ccccc2)nc(N2CCCCCC2)n1. The summed E-state index contributed by atoms with van der Waals surface area (Å²) in [6.07, 6.45) is 5.13. The average molecular weight is 310 g/mol. The molecule has 23 heavy (non-hydrogen) atoms. The molecule has 0 bridgehead atoms. The standard InChI is InChI=1S/C19H26N4/c1-16-14-18(22(2)15-17-10-6-5-7-11-17)21-19(20-16)23-12-8-3-4-9-13-23/h5-7,10-11,14H,3-4,8-9,12-13,15H2,1-2H3. The normalized spacial score (nSPS) is 15.3. The highest BCUT2D eigenvalue weighted by Crippen LogP contribution is 2.21. The Morgan fingerprint density at radius 1 is 1.00 bits per heavy atom. The average Bonchev–Trinajstić information content (AvgIpc) is 2.84. The van der Waals surface area contributed by atoms with Crippen LogP contribution in [-0.2, 0) is 6.54 Å². The van der Waals surface area contributed by atoms with Gasteiger partial charge in [0.1, 0.15) is 5.82 Å². The molecular weight excluding hydrogens is 284 g/mol. The van der Waals surface area contributed by atoms with Crippen molar-refractivity contribution in [1.82, 2.24) is 9.97 Å². The Hall–Kier alpha value is -2.10. The highest BCUT2D eigenvalue weighted by Gasteiger charge is 2.15. The Bertz CT molecular complexity index is 619. The number of hydrogen-bond acceptors (Lipinski definition) is 4. The van der Waals surface area contributed by atoms with Crippen molar-refractivity contribution in [3.63, 3.8) is 0 Å². The molecule has 122 valence electrons. The van der Waals surface area contributed by atoms with Crippen LogP contribution in [0.5, 0.6) is 0 Å². The Morgan fingerprint density at radius 2 is 1.70 bits per heavy atom. The van der Waals surface area contributed by atoms with Crippen molar-refractivity contribution >= 4 is 11.8 Å². The smallest absolute Gasteiger partial charge is 0.227 e. The Morgan fingerprint density at radius 3 is 2.39 bits per heavy atom. The minimum Gasteiger partial charge on any atom is -0.355 e. The van der Waals surface area contributed by atoms with Gasteiger partial charge in [-0.05, 0) is 25.3 Å². The van der Waals surface area contributed by atoms with Crippen LogP contribution in [0, 0.1) is 6.92 Å². The van der Waals surface area contributed by atoms with Crippen LogP contribution in [0.15, 0.2) is 36.4 Å². The number of aryl methyl sites for hydroxylation is 1. The van der Waals surface area contributed by atoms with E-state index in [0.29, 0.717) is 0 Å². The van der Waals surface area contributed by atoms with Crippen molar-refractivity contribution < 1.29 is 0 Å². The molecule has 0 saturated carbocycles. The fourth-order valence-electron chi connectivity index (χ4n) is 3.08. The van der Waals surface area contributed by atoms with Crippen molar-refractivity contribution in [2.45, 2.75) is 39.2 Å². The van der Waals surface area contributed by atoms with Crippen LogP contribution in [0.25, 0.3) is 0 Å². The maximum Gasteiger partial charge on any atom is 0.227 e. The quantitative estimate of drug-likeness (QED) is 0.860. The second kappa shape index (κ2) is 7.44. The molecular formula is C19H26N4. The van der Waals surface area contributed by atoms with Crippen LogP contribution in [0.3, 0.4) is 0 Å². The molecule has 2 aromatic rings. The molecule has 0 atom stereocenters. The molecule has 4 heteroatoms. The first-order valence-corrected chi connectivity index (χ1v) is 8.58. The second-order valence-corrected chi connectivity index (χ2v) is 6.41. The van der Waals surface area contributed by atoms with Gasteiger partial charge in [0.15, 0.2) is 0 Å². The molecule has 0 N–H and O–H groups in total. The lowest BCUT2D eigenvalue weighted by Crippen LogP contribution is -2.27. The topological polar surface area (TPSA) is 32.3 Å². The summed E-state index contributed by atoms with van der Waals surface area (Å²) < 4.78 is 0. The van der Waals surface area contributed by atoms with Gasteiger partial charge in [-0.3, -0.25) is 0 Å². The van der Waals surface area contributed by atoms with Crippen LogP contribution in [0.2, 0.25) is 0 Å². The molecule has 1 fully saturated rings. The molecule has 0 radical (unpaired) electrons. The Labute approximate surface area is 139 Å². The van der Waals surface area contributed by atoms with Gasteiger partial charge in [0.05, 0.1) is 0 Å². The summed E-state index contributed by atoms with van der Waals surface area (Å²) in [5.41, 5.74) is 2.33. The number of rotatable bonds is 4. The summed E-state index contributed by atoms with van der Waals surface area (Å²) in [5, 5.41) is 0. The van der Waals surface area contributed by atoms with Gasteiger partial charge in [-0.1, -0.05) is 43.2 Å². The molecule has 3 rings (SSSR count). The third-order valence-electron chi connectivity index (χ3n) is 4.37. The maximum atomic E-state index is 4.84. The van der Waals surface area contributed by atoms with Crippen LogP contribution < -0.4 is 9.80 Å². The lowest BCUT2D eigenvalue weighted by Gasteiger charge is -2.24. The maximum absolute atomic E-state index is 4.84. The predicted molar refractivity (Wildman–Crippen MR) is 96.0 cm³/mol. The predicted octanol–water partition coefficient (Wildman–Crippen LogP) is 3.80. The van der Waals surface area contributed by atoms with E-state index in [4.69, 9.17) is 4.98 Å². The molecule has 1 aliphatic rings. The van der Waals surface area contributed by atoms with E-state index >= 15 is 0 Å². The molecule has 1 saturated heterocycles.